The molecule has 3 nitrogen and oxygen atoms in total. The summed E-state index contributed by atoms with van der Waals surface area (Å²) in [6.45, 7) is 11.7. The van der Waals surface area contributed by atoms with Gasteiger partial charge in [0.25, 0.3) is 5.91 Å². The van der Waals surface area contributed by atoms with Gasteiger partial charge in [-0.1, -0.05) is 13.8 Å². The van der Waals surface area contributed by atoms with Gasteiger partial charge in [0, 0.05) is 29.3 Å². The number of carbonyl (C=O) groups excluding carboxylic acids is 1. The lowest BCUT2D eigenvalue weighted by Gasteiger charge is -2.41. The number of nitrogens with zero attached hydrogens (tertiary/aromatic N) is 2. The van der Waals surface area contributed by atoms with Crippen molar-refractivity contribution in [2.75, 3.05) is 6.54 Å². The van der Waals surface area contributed by atoms with Gasteiger partial charge in [-0.2, -0.15) is 0 Å². The number of aromatic nitrogens is 1. The lowest BCUT2D eigenvalue weighted by atomic mass is 9.86. The fraction of sp³-hybridized carbons (Fsp3) is 0.688. The molecule has 2 heterocycles. The quantitative estimate of drug-likeness (QED) is 0.786. The maximum atomic E-state index is 12.9. The van der Waals surface area contributed by atoms with Gasteiger partial charge < -0.3 is 9.47 Å². The lowest BCUT2D eigenvalue weighted by molar-refractivity contribution is 0.0444. The normalized spacial score (nSPS) is 27.1. The largest absolute Gasteiger partial charge is 0.340 e. The maximum Gasteiger partial charge on any atom is 0.270 e. The van der Waals surface area contributed by atoms with Crippen LogP contribution in [0.15, 0.2) is 16.7 Å². The van der Waals surface area contributed by atoms with Crippen molar-refractivity contribution in [1.29, 1.82) is 0 Å². The highest BCUT2D eigenvalue weighted by molar-refractivity contribution is 9.10. The summed E-state index contributed by atoms with van der Waals surface area (Å²) in [4.78, 5) is 15.0. The van der Waals surface area contributed by atoms with Crippen LogP contribution in [-0.2, 0) is 0 Å². The molecule has 1 aliphatic heterocycles. The molecular weight excluding hydrogens is 316 g/mol. The van der Waals surface area contributed by atoms with E-state index in [2.05, 4.69) is 60.0 Å². The zero-order chi connectivity index (χ0) is 15.0. The predicted molar refractivity (Wildman–Crippen MR) is 86.0 cm³/mol. The maximum absolute atomic E-state index is 12.9. The third kappa shape index (κ3) is 2.95. The number of hydrogen-bond donors (Lipinski definition) is 0. The minimum Gasteiger partial charge on any atom is -0.340 e. The second-order valence-electron chi connectivity index (χ2n) is 6.56. The van der Waals surface area contributed by atoms with Crippen molar-refractivity contribution in [1.82, 2.24) is 9.47 Å². The fourth-order valence-electron chi connectivity index (χ4n) is 3.17. The molecule has 0 N–H and O–H groups in total. The van der Waals surface area contributed by atoms with Gasteiger partial charge >= 0.3 is 0 Å². The van der Waals surface area contributed by atoms with Crippen LogP contribution in [0.4, 0.5) is 0 Å². The first-order valence-corrected chi connectivity index (χ1v) is 8.28. The minimum absolute atomic E-state index is 0.162. The average molecular weight is 341 g/mol. The van der Waals surface area contributed by atoms with E-state index in [1.54, 1.807) is 0 Å². The highest BCUT2D eigenvalue weighted by Gasteiger charge is 2.33. The molecule has 1 aromatic heterocycles. The molecule has 3 atom stereocenters. The van der Waals surface area contributed by atoms with E-state index in [0.717, 1.165) is 16.7 Å². The van der Waals surface area contributed by atoms with E-state index in [4.69, 9.17) is 0 Å². The van der Waals surface area contributed by atoms with E-state index < -0.39 is 0 Å². The molecule has 0 bridgehead atoms. The van der Waals surface area contributed by atoms with Crippen LogP contribution >= 0.6 is 15.9 Å². The highest BCUT2D eigenvalue weighted by atomic mass is 79.9. The van der Waals surface area contributed by atoms with Crippen LogP contribution in [0.25, 0.3) is 0 Å². The van der Waals surface area contributed by atoms with Crippen molar-refractivity contribution in [3.05, 3.63) is 22.4 Å². The van der Waals surface area contributed by atoms with Crippen molar-refractivity contribution in [2.24, 2.45) is 11.8 Å². The van der Waals surface area contributed by atoms with Gasteiger partial charge in [0.15, 0.2) is 0 Å². The third-order valence-electron chi connectivity index (χ3n) is 4.45. The smallest absolute Gasteiger partial charge is 0.270 e. The molecule has 1 saturated heterocycles. The summed E-state index contributed by atoms with van der Waals surface area (Å²) in [6.07, 6.45) is 3.21. The van der Waals surface area contributed by atoms with Crippen LogP contribution < -0.4 is 0 Å². The molecule has 4 heteroatoms. The van der Waals surface area contributed by atoms with Gasteiger partial charge in [0.1, 0.15) is 5.69 Å². The Labute approximate surface area is 130 Å². The highest BCUT2D eigenvalue weighted by Crippen LogP contribution is 2.29. The first kappa shape index (κ1) is 15.6. The average Bonchev–Trinajstić information content (AvgIpc) is 2.75. The molecule has 112 valence electrons. The molecule has 1 aromatic rings. The second-order valence-corrected chi connectivity index (χ2v) is 7.48. The van der Waals surface area contributed by atoms with Crippen LogP contribution in [0.1, 0.15) is 57.6 Å². The topological polar surface area (TPSA) is 25.2 Å². The molecule has 0 spiro atoms. The van der Waals surface area contributed by atoms with Crippen LogP contribution in [0.3, 0.4) is 0 Å². The van der Waals surface area contributed by atoms with Gasteiger partial charge in [-0.05, 0) is 61.0 Å². The van der Waals surface area contributed by atoms with Crippen molar-refractivity contribution in [3.8, 4) is 0 Å². The van der Waals surface area contributed by atoms with Crippen molar-refractivity contribution in [2.45, 2.75) is 53.1 Å². The zero-order valence-corrected chi connectivity index (χ0v) is 14.6. The monoisotopic (exact) mass is 340 g/mol. The van der Waals surface area contributed by atoms with Gasteiger partial charge in [-0.25, -0.2) is 0 Å². The molecule has 0 radical (unpaired) electrons. The van der Waals surface area contributed by atoms with Gasteiger partial charge in [0.05, 0.1) is 0 Å². The number of halogens is 1. The number of rotatable bonds is 2. The Kier molecular flexibility index (Phi) is 4.62. The summed E-state index contributed by atoms with van der Waals surface area (Å²) in [7, 11) is 0. The molecule has 0 aromatic carbocycles. The van der Waals surface area contributed by atoms with E-state index >= 15 is 0 Å². The van der Waals surface area contributed by atoms with E-state index in [-0.39, 0.29) is 11.9 Å². The van der Waals surface area contributed by atoms with Crippen molar-refractivity contribution < 1.29 is 4.79 Å². The van der Waals surface area contributed by atoms with Gasteiger partial charge in [-0.15, -0.1) is 0 Å². The zero-order valence-electron chi connectivity index (χ0n) is 13.1. The van der Waals surface area contributed by atoms with Crippen molar-refractivity contribution >= 4 is 21.8 Å². The van der Waals surface area contributed by atoms with E-state index in [1.807, 2.05) is 12.3 Å². The van der Waals surface area contributed by atoms with E-state index in [0.29, 0.717) is 17.9 Å². The predicted octanol–water partition coefficient (Wildman–Crippen LogP) is 4.34. The SMILES string of the molecule is CC1CC(C)C(C)N(C(=O)c2cc(Br)cn2C(C)C)C1. The molecule has 3 unspecified atom stereocenters. The summed E-state index contributed by atoms with van der Waals surface area (Å²) in [5.74, 6) is 1.31. The van der Waals surface area contributed by atoms with Crippen LogP contribution in [0.5, 0.6) is 0 Å². The Morgan fingerprint density at radius 2 is 2.00 bits per heavy atom. The van der Waals surface area contributed by atoms with Gasteiger partial charge in [-0.3, -0.25) is 4.79 Å². The molecule has 0 saturated carbocycles. The summed E-state index contributed by atoms with van der Waals surface area (Å²) in [5, 5.41) is 0. The fourth-order valence-corrected chi connectivity index (χ4v) is 3.61. The van der Waals surface area contributed by atoms with Crippen molar-refractivity contribution in [3.63, 3.8) is 0 Å². The Morgan fingerprint density at radius 1 is 1.35 bits per heavy atom. The molecule has 2 rings (SSSR count). The summed E-state index contributed by atoms with van der Waals surface area (Å²) >= 11 is 3.49. The Balaban J connectivity index is 2.31. The molecule has 1 fully saturated rings. The minimum atomic E-state index is 0.162. The molecule has 1 amide bonds. The number of amides is 1. The van der Waals surface area contributed by atoms with Crippen LogP contribution in [-0.4, -0.2) is 28.0 Å². The Bertz CT molecular complexity index is 495. The van der Waals surface area contributed by atoms with E-state index in [1.165, 1.54) is 6.42 Å². The number of likely N-dealkylation sites (tertiary alicyclic amines) is 1. The third-order valence-corrected chi connectivity index (χ3v) is 4.88. The van der Waals surface area contributed by atoms with Crippen LogP contribution in [0.2, 0.25) is 0 Å². The Hall–Kier alpha value is -0.770. The standard InChI is InChI=1S/C16H25BrN2O/c1-10(2)18-9-14(17)7-15(18)16(20)19-8-11(3)6-12(4)13(19)5/h7,9-13H,6,8H2,1-5H3. The number of carbonyl (C=O) groups is 1. The molecule has 20 heavy (non-hydrogen) atoms. The van der Waals surface area contributed by atoms with Crippen LogP contribution in [0, 0.1) is 11.8 Å². The number of piperidine rings is 1. The van der Waals surface area contributed by atoms with Gasteiger partial charge in [0.2, 0.25) is 0 Å². The summed E-state index contributed by atoms with van der Waals surface area (Å²) < 4.78 is 3.03. The molecular formula is C16H25BrN2O. The lowest BCUT2D eigenvalue weighted by Crippen LogP contribution is -2.49. The molecule has 1 aliphatic rings. The summed E-state index contributed by atoms with van der Waals surface area (Å²) in [6, 6.07) is 2.54. The first-order valence-electron chi connectivity index (χ1n) is 7.49. The first-order chi connectivity index (χ1) is 9.31. The second kappa shape index (κ2) is 5.92. The number of hydrogen-bond acceptors (Lipinski definition) is 1. The van der Waals surface area contributed by atoms with E-state index in [9.17, 15) is 4.79 Å². The summed E-state index contributed by atoms with van der Waals surface area (Å²) in [5.41, 5.74) is 0.792. The molecule has 0 aliphatic carbocycles. The Morgan fingerprint density at radius 3 is 2.60 bits per heavy atom.